The smallest absolute Gasteiger partial charge is 0.257 e. The predicted molar refractivity (Wildman–Crippen MR) is 112 cm³/mol. The van der Waals surface area contributed by atoms with E-state index in [1.54, 1.807) is 55.6 Å². The minimum Gasteiger partial charge on any atom is -0.493 e. The maximum atomic E-state index is 14.1. The first-order valence-electron chi connectivity index (χ1n) is 9.60. The lowest BCUT2D eigenvalue weighted by molar-refractivity contribution is 0.0735. The van der Waals surface area contributed by atoms with Crippen LogP contribution in [0.15, 0.2) is 54.7 Å². The number of amides is 1. The van der Waals surface area contributed by atoms with E-state index in [1.807, 2.05) is 12.1 Å². The molecule has 6 nitrogen and oxygen atoms in total. The van der Waals surface area contributed by atoms with Crippen molar-refractivity contribution in [3.8, 4) is 11.5 Å². The third-order valence-corrected chi connectivity index (χ3v) is 5.17. The number of nitrogens with zero attached hydrogens (tertiary/aromatic N) is 2. The maximum Gasteiger partial charge on any atom is 0.257 e. The molecule has 0 spiro atoms. The minimum absolute atomic E-state index is 0.164. The number of nitrogens with one attached hydrogen (secondary N) is 1. The standard InChI is InChI=1S/C23H22FN3O3/c1-29-20-12-15-9-11-27(14-16(15)13-21(20)30-2)23(28)17-6-5-10-25-22(17)26-19-8-4-3-7-18(19)24/h3-8,10,12-13H,9,11,14H2,1-2H3,(H,25,26). The highest BCUT2D eigenvalue weighted by atomic mass is 19.1. The van der Waals surface area contributed by atoms with Crippen LogP contribution in [0.2, 0.25) is 0 Å². The summed E-state index contributed by atoms with van der Waals surface area (Å²) in [5.41, 5.74) is 2.81. The molecule has 154 valence electrons. The van der Waals surface area contributed by atoms with Crippen LogP contribution in [0.4, 0.5) is 15.9 Å². The van der Waals surface area contributed by atoms with E-state index < -0.39 is 5.82 Å². The SMILES string of the molecule is COc1cc2c(cc1OC)CN(C(=O)c1cccnc1Nc1ccccc1F)CC2. The van der Waals surface area contributed by atoms with Gasteiger partial charge in [0.05, 0.1) is 25.5 Å². The molecule has 7 heteroatoms. The van der Waals surface area contributed by atoms with Crippen molar-refractivity contribution in [1.82, 2.24) is 9.88 Å². The highest BCUT2D eigenvalue weighted by molar-refractivity contribution is 5.99. The molecule has 0 saturated carbocycles. The van der Waals surface area contributed by atoms with Crippen molar-refractivity contribution < 1.29 is 18.7 Å². The quantitative estimate of drug-likeness (QED) is 0.688. The number of carbonyl (C=O) groups is 1. The van der Waals surface area contributed by atoms with Gasteiger partial charge in [0.15, 0.2) is 11.5 Å². The maximum absolute atomic E-state index is 14.1. The number of para-hydroxylation sites is 1. The molecule has 1 N–H and O–H groups in total. The summed E-state index contributed by atoms with van der Waals surface area (Å²) < 4.78 is 24.8. The molecule has 30 heavy (non-hydrogen) atoms. The van der Waals surface area contributed by atoms with Gasteiger partial charge in [-0.1, -0.05) is 12.1 Å². The molecule has 2 aromatic carbocycles. The van der Waals surface area contributed by atoms with E-state index in [9.17, 15) is 9.18 Å². The van der Waals surface area contributed by atoms with E-state index in [1.165, 1.54) is 6.07 Å². The Kier molecular flexibility index (Phi) is 5.52. The summed E-state index contributed by atoms with van der Waals surface area (Å²) in [4.78, 5) is 19.3. The molecule has 0 bridgehead atoms. The Hall–Kier alpha value is -3.61. The zero-order valence-electron chi connectivity index (χ0n) is 16.8. The second-order valence-corrected chi connectivity index (χ2v) is 6.96. The zero-order chi connectivity index (χ0) is 21.1. The van der Waals surface area contributed by atoms with Crippen molar-refractivity contribution >= 4 is 17.4 Å². The lowest BCUT2D eigenvalue weighted by atomic mass is 9.98. The van der Waals surface area contributed by atoms with Gasteiger partial charge in [-0.05, 0) is 53.9 Å². The molecule has 1 aliphatic rings. The summed E-state index contributed by atoms with van der Waals surface area (Å²) in [6, 6.07) is 13.6. The predicted octanol–water partition coefficient (Wildman–Crippen LogP) is 4.18. The second kappa shape index (κ2) is 8.41. The van der Waals surface area contributed by atoms with Crippen LogP contribution in [-0.2, 0) is 13.0 Å². The Balaban J connectivity index is 1.60. The van der Waals surface area contributed by atoms with Gasteiger partial charge in [0.25, 0.3) is 5.91 Å². The van der Waals surface area contributed by atoms with Crippen molar-refractivity contribution in [2.75, 3.05) is 26.1 Å². The Morgan fingerprint density at radius 3 is 2.53 bits per heavy atom. The Morgan fingerprint density at radius 2 is 1.80 bits per heavy atom. The van der Waals surface area contributed by atoms with Gasteiger partial charge in [0, 0.05) is 19.3 Å². The van der Waals surface area contributed by atoms with Gasteiger partial charge in [-0.3, -0.25) is 4.79 Å². The number of rotatable bonds is 5. The third kappa shape index (κ3) is 3.78. The van der Waals surface area contributed by atoms with Crippen LogP contribution in [0.1, 0.15) is 21.5 Å². The normalized spacial score (nSPS) is 12.8. The van der Waals surface area contributed by atoms with Gasteiger partial charge in [-0.15, -0.1) is 0 Å². The van der Waals surface area contributed by atoms with Crippen molar-refractivity contribution in [3.05, 3.63) is 77.2 Å². The molecular formula is C23H22FN3O3. The summed E-state index contributed by atoms with van der Waals surface area (Å²) >= 11 is 0. The molecule has 4 rings (SSSR count). The van der Waals surface area contributed by atoms with Crippen LogP contribution >= 0.6 is 0 Å². The van der Waals surface area contributed by atoms with E-state index >= 15 is 0 Å². The van der Waals surface area contributed by atoms with Crippen LogP contribution in [-0.4, -0.2) is 36.6 Å². The molecule has 0 fully saturated rings. The number of hydrogen-bond acceptors (Lipinski definition) is 5. The molecule has 0 aliphatic carbocycles. The second-order valence-electron chi connectivity index (χ2n) is 6.96. The summed E-state index contributed by atoms with van der Waals surface area (Å²) in [5, 5.41) is 2.94. The topological polar surface area (TPSA) is 63.7 Å². The molecule has 1 aromatic heterocycles. The molecule has 0 atom stereocenters. The Bertz CT molecular complexity index is 1090. The number of methoxy groups -OCH3 is 2. The summed E-state index contributed by atoms with van der Waals surface area (Å²) in [7, 11) is 3.20. The molecule has 1 aliphatic heterocycles. The number of anilines is 2. The number of halogens is 1. The van der Waals surface area contributed by atoms with Crippen LogP contribution in [0.25, 0.3) is 0 Å². The van der Waals surface area contributed by atoms with Crippen molar-refractivity contribution in [3.63, 3.8) is 0 Å². The van der Waals surface area contributed by atoms with Crippen molar-refractivity contribution in [1.29, 1.82) is 0 Å². The van der Waals surface area contributed by atoms with E-state index in [-0.39, 0.29) is 11.6 Å². The van der Waals surface area contributed by atoms with Crippen LogP contribution in [0.3, 0.4) is 0 Å². The highest BCUT2D eigenvalue weighted by Gasteiger charge is 2.25. The van der Waals surface area contributed by atoms with Gasteiger partial charge < -0.3 is 19.7 Å². The molecule has 3 aromatic rings. The monoisotopic (exact) mass is 407 g/mol. The largest absolute Gasteiger partial charge is 0.493 e. The van der Waals surface area contributed by atoms with Gasteiger partial charge in [-0.25, -0.2) is 9.37 Å². The van der Waals surface area contributed by atoms with E-state index in [0.717, 1.165) is 11.1 Å². The molecule has 1 amide bonds. The van der Waals surface area contributed by atoms with E-state index in [2.05, 4.69) is 10.3 Å². The van der Waals surface area contributed by atoms with Gasteiger partial charge >= 0.3 is 0 Å². The first-order valence-corrected chi connectivity index (χ1v) is 9.60. The number of fused-ring (bicyclic) bond motifs is 1. The third-order valence-electron chi connectivity index (χ3n) is 5.17. The number of pyridine rings is 1. The molecule has 0 radical (unpaired) electrons. The van der Waals surface area contributed by atoms with Crippen LogP contribution in [0, 0.1) is 5.82 Å². The number of hydrogen-bond donors (Lipinski definition) is 1. The first kappa shape index (κ1) is 19.7. The number of carbonyl (C=O) groups excluding carboxylic acids is 1. The summed E-state index contributed by atoms with van der Waals surface area (Å²) in [6.45, 7) is 1.01. The first-order chi connectivity index (χ1) is 14.6. The van der Waals surface area contributed by atoms with E-state index in [4.69, 9.17) is 9.47 Å². The van der Waals surface area contributed by atoms with Gasteiger partial charge in [-0.2, -0.15) is 0 Å². The Morgan fingerprint density at radius 1 is 1.07 bits per heavy atom. The lowest BCUT2D eigenvalue weighted by Crippen LogP contribution is -2.36. The van der Waals surface area contributed by atoms with Crippen molar-refractivity contribution in [2.24, 2.45) is 0 Å². The summed E-state index contributed by atoms with van der Waals surface area (Å²) in [6.07, 6.45) is 2.28. The fraction of sp³-hybridized carbons (Fsp3) is 0.217. The molecule has 0 saturated heterocycles. The van der Waals surface area contributed by atoms with Crippen molar-refractivity contribution in [2.45, 2.75) is 13.0 Å². The number of aromatic nitrogens is 1. The molecule has 0 unspecified atom stereocenters. The lowest BCUT2D eigenvalue weighted by Gasteiger charge is -2.30. The van der Waals surface area contributed by atoms with Crippen LogP contribution < -0.4 is 14.8 Å². The highest BCUT2D eigenvalue weighted by Crippen LogP contribution is 2.34. The zero-order valence-corrected chi connectivity index (χ0v) is 16.8. The molecule has 2 heterocycles. The minimum atomic E-state index is -0.408. The van der Waals surface area contributed by atoms with Gasteiger partial charge in [0.1, 0.15) is 11.6 Å². The van der Waals surface area contributed by atoms with Gasteiger partial charge in [0.2, 0.25) is 0 Å². The molecular weight excluding hydrogens is 385 g/mol. The number of ether oxygens (including phenoxy) is 2. The average Bonchev–Trinajstić information content (AvgIpc) is 2.79. The Labute approximate surface area is 174 Å². The fourth-order valence-electron chi connectivity index (χ4n) is 3.59. The fourth-order valence-corrected chi connectivity index (χ4v) is 3.59. The average molecular weight is 407 g/mol. The summed E-state index contributed by atoms with van der Waals surface area (Å²) in [5.74, 6) is 1.07. The number of benzene rings is 2. The van der Waals surface area contributed by atoms with E-state index in [0.29, 0.717) is 42.4 Å². The van der Waals surface area contributed by atoms with Crippen LogP contribution in [0.5, 0.6) is 11.5 Å².